The van der Waals surface area contributed by atoms with Gasteiger partial charge in [0.25, 0.3) is 11.6 Å². The topological polar surface area (TPSA) is 150 Å². The Labute approximate surface area is 235 Å². The minimum atomic E-state index is -4.00. The van der Waals surface area contributed by atoms with E-state index in [0.29, 0.717) is 11.3 Å². The molecule has 2 atom stereocenters. The molecule has 12 nitrogen and oxygen atoms in total. The average molecular weight is 576 g/mol. The Kier molecular flexibility index (Phi) is 6.16. The first kappa shape index (κ1) is 26.6. The van der Waals surface area contributed by atoms with Crippen LogP contribution in [0, 0.1) is 22.5 Å². The lowest BCUT2D eigenvalue weighted by Gasteiger charge is -2.54. The third-order valence-electron chi connectivity index (χ3n) is 8.05. The summed E-state index contributed by atoms with van der Waals surface area (Å²) in [5, 5.41) is 13.9. The zero-order chi connectivity index (χ0) is 29.1. The van der Waals surface area contributed by atoms with E-state index in [1.807, 2.05) is 6.92 Å². The van der Waals surface area contributed by atoms with E-state index < -0.39 is 44.2 Å². The Morgan fingerprint density at radius 1 is 0.976 bits per heavy atom. The molecule has 3 aliphatic rings. The zero-order valence-electron chi connectivity index (χ0n) is 21.9. The van der Waals surface area contributed by atoms with Crippen molar-refractivity contribution in [1.82, 2.24) is 9.62 Å². The number of amides is 4. The molecule has 41 heavy (non-hydrogen) atoms. The van der Waals surface area contributed by atoms with Crippen molar-refractivity contribution in [2.24, 2.45) is 5.41 Å². The number of nitrogens with one attached hydrogen (secondary N) is 1. The summed E-state index contributed by atoms with van der Waals surface area (Å²) >= 11 is 0. The van der Waals surface area contributed by atoms with Gasteiger partial charge in [0.05, 0.1) is 21.5 Å². The van der Waals surface area contributed by atoms with Gasteiger partial charge >= 0.3 is 6.03 Å². The second-order valence-corrected chi connectivity index (χ2v) is 12.3. The van der Waals surface area contributed by atoms with Crippen LogP contribution in [0.5, 0.6) is 0 Å². The third-order valence-corrected chi connectivity index (χ3v) is 9.93. The SMILES string of the molecule is Cc1ccc(S(=O)(=O)N2CCN3c4ccc([N+](=O)[O-])cc4C[C@@]4(C(=O)NC(=O)N(c5ccccc5)C4=O)[C@@H]3C2)cc1. The molecule has 0 aliphatic carbocycles. The maximum Gasteiger partial charge on any atom is 0.335 e. The van der Waals surface area contributed by atoms with Crippen LogP contribution in [0.4, 0.5) is 21.9 Å². The van der Waals surface area contributed by atoms with Crippen molar-refractivity contribution in [1.29, 1.82) is 0 Å². The molecule has 13 heteroatoms. The Morgan fingerprint density at radius 3 is 2.37 bits per heavy atom. The predicted molar refractivity (Wildman–Crippen MR) is 148 cm³/mol. The highest BCUT2D eigenvalue weighted by Crippen LogP contribution is 2.47. The number of urea groups is 1. The number of aryl methyl sites for hydroxylation is 1. The van der Waals surface area contributed by atoms with Crippen molar-refractivity contribution in [2.75, 3.05) is 29.4 Å². The number of non-ortho nitro benzene ring substituents is 1. The molecular weight excluding hydrogens is 550 g/mol. The van der Waals surface area contributed by atoms with Gasteiger partial charge in [-0.2, -0.15) is 4.31 Å². The molecule has 0 bridgehead atoms. The quantitative estimate of drug-likeness (QED) is 0.283. The van der Waals surface area contributed by atoms with E-state index in [2.05, 4.69) is 5.32 Å². The highest BCUT2D eigenvalue weighted by atomic mass is 32.2. The number of nitro groups is 1. The first-order valence-corrected chi connectivity index (χ1v) is 14.3. The molecule has 3 aromatic carbocycles. The number of fused-ring (bicyclic) bond motifs is 4. The van der Waals surface area contributed by atoms with E-state index in [0.717, 1.165) is 10.5 Å². The number of carbonyl (C=O) groups excluding carboxylic acids is 3. The third kappa shape index (κ3) is 4.07. The van der Waals surface area contributed by atoms with Crippen molar-refractivity contribution in [3.05, 3.63) is 94.0 Å². The largest absolute Gasteiger partial charge is 0.364 e. The number of barbiturate groups is 1. The molecule has 4 amide bonds. The summed E-state index contributed by atoms with van der Waals surface area (Å²) in [7, 11) is -4.00. The molecule has 0 aromatic heterocycles. The van der Waals surface area contributed by atoms with Crippen LogP contribution < -0.4 is 15.1 Å². The van der Waals surface area contributed by atoms with Gasteiger partial charge < -0.3 is 4.90 Å². The second-order valence-electron chi connectivity index (χ2n) is 10.3. The Hall–Kier alpha value is -4.62. The number of para-hydroxylation sites is 1. The maximum absolute atomic E-state index is 14.4. The van der Waals surface area contributed by atoms with Gasteiger partial charge in [0, 0.05) is 43.9 Å². The summed E-state index contributed by atoms with van der Waals surface area (Å²) in [5.41, 5.74) is -0.0804. The van der Waals surface area contributed by atoms with Crippen LogP contribution in [-0.4, -0.2) is 61.2 Å². The predicted octanol–water partition coefficient (Wildman–Crippen LogP) is 2.61. The molecule has 0 saturated carbocycles. The van der Waals surface area contributed by atoms with Gasteiger partial charge in [-0.3, -0.25) is 25.0 Å². The van der Waals surface area contributed by atoms with E-state index in [4.69, 9.17) is 0 Å². The van der Waals surface area contributed by atoms with Gasteiger partial charge in [-0.25, -0.2) is 18.1 Å². The Morgan fingerprint density at radius 2 is 1.68 bits per heavy atom. The lowest BCUT2D eigenvalue weighted by molar-refractivity contribution is -0.384. The average Bonchev–Trinajstić information content (AvgIpc) is 2.96. The number of nitro benzene ring substituents is 1. The molecule has 3 aliphatic heterocycles. The first-order chi connectivity index (χ1) is 19.5. The number of nitrogens with zero attached hydrogens (tertiary/aromatic N) is 4. The first-order valence-electron chi connectivity index (χ1n) is 12.9. The van der Waals surface area contributed by atoms with E-state index in [1.54, 1.807) is 53.4 Å². The monoisotopic (exact) mass is 575 g/mol. The molecule has 1 spiro atoms. The minimum Gasteiger partial charge on any atom is -0.364 e. The van der Waals surface area contributed by atoms with Gasteiger partial charge in [0.15, 0.2) is 5.41 Å². The summed E-state index contributed by atoms with van der Waals surface area (Å²) in [5.74, 6) is -1.69. The van der Waals surface area contributed by atoms with E-state index in [-0.39, 0.29) is 42.3 Å². The van der Waals surface area contributed by atoms with Crippen molar-refractivity contribution in [3.8, 4) is 0 Å². The van der Waals surface area contributed by atoms with Crippen LogP contribution in [0.1, 0.15) is 11.1 Å². The van der Waals surface area contributed by atoms with E-state index >= 15 is 0 Å². The van der Waals surface area contributed by atoms with Gasteiger partial charge in [-0.1, -0.05) is 35.9 Å². The number of carbonyl (C=O) groups is 3. The van der Waals surface area contributed by atoms with Crippen LogP contribution >= 0.6 is 0 Å². The second kappa shape index (κ2) is 9.49. The number of benzene rings is 3. The van der Waals surface area contributed by atoms with Crippen molar-refractivity contribution < 1.29 is 27.7 Å². The van der Waals surface area contributed by atoms with Crippen molar-refractivity contribution in [3.63, 3.8) is 0 Å². The molecular formula is C28H25N5O7S. The normalized spacial score (nSPS) is 22.8. The number of piperazine rings is 1. The van der Waals surface area contributed by atoms with Crippen LogP contribution in [0.2, 0.25) is 0 Å². The molecule has 3 heterocycles. The lowest BCUT2D eigenvalue weighted by Crippen LogP contribution is -2.75. The molecule has 1 N–H and O–H groups in total. The molecule has 210 valence electrons. The smallest absolute Gasteiger partial charge is 0.335 e. The standard InChI is InChI=1S/C28H25N5O7S/c1-18-7-10-22(11-8-18)41(39,40)30-13-14-31-23-12-9-21(33(37)38)15-19(23)16-28(24(31)17-30)25(34)29-27(36)32(26(28)35)20-5-3-2-4-6-20/h2-12,15,24H,13-14,16-17H2,1H3,(H,29,34,36)/t24-,28-/m0/s1. The summed E-state index contributed by atoms with van der Waals surface area (Å²) in [6.07, 6.45) is -0.259. The zero-order valence-corrected chi connectivity index (χ0v) is 22.7. The molecule has 2 fully saturated rings. The van der Waals surface area contributed by atoms with Crippen LogP contribution in [0.25, 0.3) is 0 Å². The fourth-order valence-corrected chi connectivity index (χ4v) is 7.42. The Bertz CT molecular complexity index is 1710. The number of hydrogen-bond acceptors (Lipinski definition) is 8. The number of imide groups is 2. The summed E-state index contributed by atoms with van der Waals surface area (Å²) in [6, 6.07) is 16.8. The van der Waals surface area contributed by atoms with Crippen LogP contribution in [-0.2, 0) is 26.0 Å². The number of anilines is 2. The summed E-state index contributed by atoms with van der Waals surface area (Å²) in [4.78, 5) is 54.9. The molecule has 3 aromatic rings. The number of hydrogen-bond donors (Lipinski definition) is 1. The fourth-order valence-electron chi connectivity index (χ4n) is 5.99. The van der Waals surface area contributed by atoms with E-state index in [1.165, 1.54) is 28.6 Å². The van der Waals surface area contributed by atoms with E-state index in [9.17, 15) is 32.9 Å². The van der Waals surface area contributed by atoms with Crippen molar-refractivity contribution in [2.45, 2.75) is 24.3 Å². The van der Waals surface area contributed by atoms with Crippen LogP contribution in [0.15, 0.2) is 77.7 Å². The summed E-state index contributed by atoms with van der Waals surface area (Å²) < 4.78 is 28.6. The minimum absolute atomic E-state index is 0.0519. The van der Waals surface area contributed by atoms with Crippen molar-refractivity contribution >= 4 is 44.9 Å². The highest BCUT2D eigenvalue weighted by Gasteiger charge is 2.63. The molecule has 2 saturated heterocycles. The van der Waals surface area contributed by atoms with Crippen LogP contribution in [0.3, 0.4) is 0 Å². The molecule has 6 rings (SSSR count). The Balaban J connectivity index is 1.50. The van der Waals surface area contributed by atoms with Gasteiger partial charge in [0.1, 0.15) is 0 Å². The number of rotatable bonds is 4. The van der Waals surface area contributed by atoms with Gasteiger partial charge in [-0.05, 0) is 42.8 Å². The fraction of sp³-hybridized carbons (Fsp3) is 0.250. The molecule has 0 unspecified atom stereocenters. The summed E-state index contributed by atoms with van der Waals surface area (Å²) in [6.45, 7) is 1.79. The number of sulfonamides is 1. The highest BCUT2D eigenvalue weighted by molar-refractivity contribution is 7.89. The van der Waals surface area contributed by atoms with Gasteiger partial charge in [0.2, 0.25) is 15.9 Å². The molecule has 0 radical (unpaired) electrons. The van der Waals surface area contributed by atoms with Gasteiger partial charge in [-0.15, -0.1) is 0 Å². The lowest BCUT2D eigenvalue weighted by atomic mass is 9.67. The maximum atomic E-state index is 14.4.